The third-order valence-corrected chi connectivity index (χ3v) is 1.74. The van der Waals surface area contributed by atoms with Crippen LogP contribution >= 0.6 is 11.6 Å². The van der Waals surface area contributed by atoms with Crippen molar-refractivity contribution in [2.45, 2.75) is 12.3 Å². The first-order valence-electron chi connectivity index (χ1n) is 3.33. The summed E-state index contributed by atoms with van der Waals surface area (Å²) in [4.78, 5) is 0. The molecule has 4 heteroatoms. The number of aromatic nitrogens is 3. The van der Waals surface area contributed by atoms with Gasteiger partial charge in [-0.3, -0.25) is 0 Å². The summed E-state index contributed by atoms with van der Waals surface area (Å²) < 4.78 is 1.88. The van der Waals surface area contributed by atoms with Crippen LogP contribution in [0.5, 0.6) is 0 Å². The van der Waals surface area contributed by atoms with Crippen LogP contribution in [0, 0.1) is 0 Å². The Morgan fingerprint density at radius 2 is 2.18 bits per heavy atom. The van der Waals surface area contributed by atoms with Crippen molar-refractivity contribution < 1.29 is 0 Å². The van der Waals surface area contributed by atoms with E-state index in [1.807, 2.05) is 11.6 Å². The van der Waals surface area contributed by atoms with Gasteiger partial charge in [0.1, 0.15) is 11.6 Å². The van der Waals surface area contributed by atoms with Gasteiger partial charge in [-0.25, -0.2) is 0 Å². The lowest BCUT2D eigenvalue weighted by Gasteiger charge is -1.97. The van der Waals surface area contributed by atoms with Gasteiger partial charge in [-0.15, -0.1) is 28.4 Å². The van der Waals surface area contributed by atoms with Gasteiger partial charge in [0.15, 0.2) is 0 Å². The monoisotopic (exact) mass is 171 g/mol. The minimum absolute atomic E-state index is 0.403. The highest BCUT2D eigenvalue weighted by atomic mass is 35.5. The molecule has 0 unspecified atom stereocenters. The quantitative estimate of drug-likeness (QED) is 0.507. The number of rotatable bonds is 3. The average molecular weight is 172 g/mol. The summed E-state index contributed by atoms with van der Waals surface area (Å²) in [5, 5.41) is 7.82. The predicted octanol–water partition coefficient (Wildman–Crippen LogP) is 1.28. The van der Waals surface area contributed by atoms with Gasteiger partial charge < -0.3 is 4.57 Å². The molecule has 0 aliphatic carbocycles. The second kappa shape index (κ2) is 3.53. The highest BCUT2D eigenvalue weighted by Gasteiger charge is 2.04. The molecule has 11 heavy (non-hydrogen) atoms. The zero-order valence-electron chi connectivity index (χ0n) is 6.42. The van der Waals surface area contributed by atoms with E-state index >= 15 is 0 Å². The SMILES string of the molecule is C=CCc1nnc(CCl)n1C. The smallest absolute Gasteiger partial charge is 0.147 e. The molecule has 0 aliphatic rings. The fourth-order valence-electron chi connectivity index (χ4n) is 0.822. The highest BCUT2D eigenvalue weighted by Crippen LogP contribution is 2.02. The first-order valence-corrected chi connectivity index (χ1v) is 3.87. The first-order chi connectivity index (χ1) is 5.29. The van der Waals surface area contributed by atoms with Crippen LogP contribution in [0.1, 0.15) is 11.6 Å². The standard InChI is InChI=1S/C7H10ClN3/c1-3-4-6-9-10-7(5-8)11(6)2/h3H,1,4-5H2,2H3. The second-order valence-corrected chi connectivity index (χ2v) is 2.49. The number of allylic oxidation sites excluding steroid dienone is 1. The molecule has 0 aliphatic heterocycles. The maximum Gasteiger partial charge on any atom is 0.147 e. The molecule has 1 heterocycles. The van der Waals surface area contributed by atoms with E-state index in [4.69, 9.17) is 11.6 Å². The van der Waals surface area contributed by atoms with Crippen LogP contribution in [-0.2, 0) is 19.3 Å². The van der Waals surface area contributed by atoms with Gasteiger partial charge >= 0.3 is 0 Å². The molecule has 0 saturated carbocycles. The molecule has 0 spiro atoms. The van der Waals surface area contributed by atoms with Crippen molar-refractivity contribution in [1.82, 2.24) is 14.8 Å². The zero-order chi connectivity index (χ0) is 8.27. The fourth-order valence-corrected chi connectivity index (χ4v) is 1.05. The molecule has 0 saturated heterocycles. The van der Waals surface area contributed by atoms with Crippen LogP contribution in [0.15, 0.2) is 12.7 Å². The Balaban J connectivity index is 2.90. The molecule has 0 aromatic carbocycles. The van der Waals surface area contributed by atoms with Crippen LogP contribution < -0.4 is 0 Å². The van der Waals surface area contributed by atoms with Crippen LogP contribution in [0.25, 0.3) is 0 Å². The Morgan fingerprint density at radius 1 is 1.55 bits per heavy atom. The van der Waals surface area contributed by atoms with Crippen LogP contribution in [0.3, 0.4) is 0 Å². The summed E-state index contributed by atoms with van der Waals surface area (Å²) in [5.74, 6) is 2.10. The van der Waals surface area contributed by atoms with Crippen LogP contribution in [0.4, 0.5) is 0 Å². The Morgan fingerprint density at radius 3 is 2.64 bits per heavy atom. The molecule has 0 bridgehead atoms. The van der Waals surface area contributed by atoms with E-state index in [2.05, 4.69) is 16.8 Å². The van der Waals surface area contributed by atoms with Crippen molar-refractivity contribution in [1.29, 1.82) is 0 Å². The van der Waals surface area contributed by atoms with E-state index in [0.717, 1.165) is 18.1 Å². The number of hydrogen-bond acceptors (Lipinski definition) is 2. The first kappa shape index (κ1) is 8.27. The van der Waals surface area contributed by atoms with Gasteiger partial charge in [-0.05, 0) is 0 Å². The largest absolute Gasteiger partial charge is 0.317 e. The van der Waals surface area contributed by atoms with Gasteiger partial charge in [0.05, 0.1) is 5.88 Å². The lowest BCUT2D eigenvalue weighted by molar-refractivity contribution is 0.796. The van der Waals surface area contributed by atoms with E-state index in [0.29, 0.717) is 5.88 Å². The minimum atomic E-state index is 0.403. The topological polar surface area (TPSA) is 30.7 Å². The van der Waals surface area contributed by atoms with E-state index in [1.54, 1.807) is 6.08 Å². The van der Waals surface area contributed by atoms with Crippen molar-refractivity contribution in [2.24, 2.45) is 7.05 Å². The Hall–Kier alpha value is -0.830. The normalized spacial score (nSPS) is 10.0. The number of halogens is 1. The van der Waals surface area contributed by atoms with Crippen LogP contribution in [-0.4, -0.2) is 14.8 Å². The van der Waals surface area contributed by atoms with Gasteiger partial charge in [-0.1, -0.05) is 6.08 Å². The average Bonchev–Trinajstić information content (AvgIpc) is 2.34. The summed E-state index contributed by atoms with van der Waals surface area (Å²) in [6.07, 6.45) is 2.53. The summed E-state index contributed by atoms with van der Waals surface area (Å²) in [6, 6.07) is 0. The minimum Gasteiger partial charge on any atom is -0.317 e. The zero-order valence-corrected chi connectivity index (χ0v) is 7.17. The van der Waals surface area contributed by atoms with Crippen molar-refractivity contribution >= 4 is 11.6 Å². The van der Waals surface area contributed by atoms with Gasteiger partial charge in [0.25, 0.3) is 0 Å². The van der Waals surface area contributed by atoms with Crippen molar-refractivity contribution in [3.63, 3.8) is 0 Å². The Bertz CT molecular complexity index is 254. The molecule has 60 valence electrons. The third-order valence-electron chi connectivity index (χ3n) is 1.50. The van der Waals surface area contributed by atoms with Gasteiger partial charge in [0.2, 0.25) is 0 Å². The lowest BCUT2D eigenvalue weighted by Crippen LogP contribution is -1.99. The molecule has 3 nitrogen and oxygen atoms in total. The number of hydrogen-bond donors (Lipinski definition) is 0. The molecule has 0 radical (unpaired) electrons. The van der Waals surface area contributed by atoms with E-state index in [9.17, 15) is 0 Å². The predicted molar refractivity (Wildman–Crippen MR) is 44.5 cm³/mol. The van der Waals surface area contributed by atoms with Crippen molar-refractivity contribution in [3.05, 3.63) is 24.3 Å². The Kier molecular flexibility index (Phi) is 2.65. The van der Waals surface area contributed by atoms with E-state index in [-0.39, 0.29) is 0 Å². The molecule has 0 fully saturated rings. The van der Waals surface area contributed by atoms with E-state index < -0.39 is 0 Å². The summed E-state index contributed by atoms with van der Waals surface area (Å²) in [5.41, 5.74) is 0. The summed E-state index contributed by atoms with van der Waals surface area (Å²) in [6.45, 7) is 3.62. The molecule has 1 rings (SSSR count). The molecule has 0 N–H and O–H groups in total. The maximum atomic E-state index is 5.60. The molecule has 0 amide bonds. The maximum absolute atomic E-state index is 5.60. The fraction of sp³-hybridized carbons (Fsp3) is 0.429. The van der Waals surface area contributed by atoms with Crippen molar-refractivity contribution in [2.75, 3.05) is 0 Å². The number of nitrogens with zero attached hydrogens (tertiary/aromatic N) is 3. The second-order valence-electron chi connectivity index (χ2n) is 2.22. The molecule has 1 aromatic rings. The highest BCUT2D eigenvalue weighted by molar-refractivity contribution is 6.16. The van der Waals surface area contributed by atoms with Gasteiger partial charge in [0, 0.05) is 13.5 Å². The molecule has 1 aromatic heterocycles. The molecule has 0 atom stereocenters. The summed E-state index contributed by atoms with van der Waals surface area (Å²) >= 11 is 5.60. The Labute approximate surface area is 70.7 Å². The van der Waals surface area contributed by atoms with Crippen LogP contribution in [0.2, 0.25) is 0 Å². The molecular formula is C7H10ClN3. The third kappa shape index (κ3) is 1.60. The lowest BCUT2D eigenvalue weighted by atomic mass is 10.4. The van der Waals surface area contributed by atoms with Gasteiger partial charge in [-0.2, -0.15) is 0 Å². The van der Waals surface area contributed by atoms with E-state index in [1.165, 1.54) is 0 Å². The van der Waals surface area contributed by atoms with Crippen molar-refractivity contribution in [3.8, 4) is 0 Å². The molecular weight excluding hydrogens is 162 g/mol. The number of alkyl halides is 1. The summed E-state index contributed by atoms with van der Waals surface area (Å²) in [7, 11) is 1.90.